The maximum Gasteiger partial charge on any atom is 0.293 e. The van der Waals surface area contributed by atoms with Crippen molar-refractivity contribution in [2.75, 3.05) is 0 Å². The van der Waals surface area contributed by atoms with Crippen LogP contribution in [0.4, 0.5) is 39.5 Å². The van der Waals surface area contributed by atoms with Crippen molar-refractivity contribution in [1.29, 1.82) is 5.41 Å². The minimum Gasteiger partial charge on any atom is -0.344 e. The Morgan fingerprint density at radius 1 is 1.03 bits per heavy atom. The zero-order valence-electron chi connectivity index (χ0n) is 33.9. The molecule has 3 N–H and O–H groups in total. The molecule has 3 heterocycles. The number of nitrogens with zero attached hydrogens (tertiary/aromatic N) is 5. The Labute approximate surface area is 365 Å². The molecule has 0 bridgehead atoms. The quantitative estimate of drug-likeness (QED) is 0.0640. The van der Waals surface area contributed by atoms with Crippen LogP contribution in [0.2, 0.25) is 5.02 Å². The largest absolute Gasteiger partial charge is 0.344 e. The Morgan fingerprint density at radius 2 is 1.69 bits per heavy atom. The highest BCUT2D eigenvalue weighted by atomic mass is 35.5. The molecule has 64 heavy (non-hydrogen) atoms. The molecule has 5 unspecified atom stereocenters. The van der Waals surface area contributed by atoms with Crippen molar-refractivity contribution in [3.05, 3.63) is 114 Å². The first-order chi connectivity index (χ1) is 29.9. The predicted molar refractivity (Wildman–Crippen MR) is 216 cm³/mol. The van der Waals surface area contributed by atoms with Gasteiger partial charge in [0, 0.05) is 42.4 Å². The Hall–Kier alpha value is -5.15. The second-order valence-corrected chi connectivity index (χ2v) is 18.3. The molecule has 5 atom stereocenters. The molecule has 2 aromatic carbocycles. The van der Waals surface area contributed by atoms with Crippen LogP contribution in [-0.2, 0) is 40.4 Å². The summed E-state index contributed by atoms with van der Waals surface area (Å²) in [5, 5.41) is 13.4. The lowest BCUT2D eigenvalue weighted by molar-refractivity contribution is -0.123. The fourth-order valence-electron chi connectivity index (χ4n) is 9.01. The SMILES string of the molecule is Cc1c(-n2c(C(Cc3cc(F)cc(F)c3)NC(=O)Cn3nc(C(F)F)c4c3C(F)(F)C3CC43)nc3nc(C4(F)CCC(F)(F)CC4)cc(C)c3c2=O)ccc(Cl)c1C(=N)C(C)S(=O)O. The molecule has 2 fully saturated rings. The number of amides is 1. The summed E-state index contributed by atoms with van der Waals surface area (Å²) < 4.78 is 157. The van der Waals surface area contributed by atoms with Gasteiger partial charge >= 0.3 is 0 Å². The molecule has 11 nitrogen and oxygen atoms in total. The van der Waals surface area contributed by atoms with Gasteiger partial charge in [0.05, 0.1) is 38.8 Å². The van der Waals surface area contributed by atoms with E-state index in [4.69, 9.17) is 17.0 Å². The molecular weight excluding hydrogens is 905 g/mol. The van der Waals surface area contributed by atoms with Crippen molar-refractivity contribution in [2.24, 2.45) is 5.92 Å². The van der Waals surface area contributed by atoms with E-state index >= 15 is 18.0 Å². The Morgan fingerprint density at radius 3 is 2.31 bits per heavy atom. The number of carbonyl (C=O) groups is 1. The number of pyridine rings is 1. The molecule has 3 aromatic heterocycles. The molecule has 0 aliphatic heterocycles. The highest BCUT2D eigenvalue weighted by molar-refractivity contribution is 7.80. The highest BCUT2D eigenvalue weighted by Gasteiger charge is 2.67. The Kier molecular flexibility index (Phi) is 11.4. The fraction of sp³-hybridized carbons (Fsp3) is 0.429. The highest BCUT2D eigenvalue weighted by Crippen LogP contribution is 2.68. The minimum absolute atomic E-state index is 0.0532. The van der Waals surface area contributed by atoms with E-state index in [1.54, 1.807) is 0 Å². The van der Waals surface area contributed by atoms with E-state index < -0.39 is 148 Å². The van der Waals surface area contributed by atoms with Crippen LogP contribution in [-0.4, -0.2) is 55.9 Å². The number of halogens is 10. The minimum atomic E-state index is -3.61. The summed E-state index contributed by atoms with van der Waals surface area (Å²) in [6.45, 7) is 3.03. The number of rotatable bonds is 12. The summed E-state index contributed by atoms with van der Waals surface area (Å²) in [6.07, 6.45) is -6.79. The summed E-state index contributed by atoms with van der Waals surface area (Å²) >= 11 is 3.98. The molecule has 340 valence electrons. The first-order valence-corrected chi connectivity index (χ1v) is 21.5. The molecule has 2 saturated carbocycles. The number of fused-ring (bicyclic) bond motifs is 4. The lowest BCUT2D eigenvalue weighted by Crippen LogP contribution is -2.39. The fourth-order valence-corrected chi connectivity index (χ4v) is 9.64. The third-order valence-electron chi connectivity index (χ3n) is 12.4. The van der Waals surface area contributed by atoms with Crippen molar-refractivity contribution < 1.29 is 53.1 Å². The van der Waals surface area contributed by atoms with E-state index in [-0.39, 0.29) is 56.0 Å². The van der Waals surface area contributed by atoms with Gasteiger partial charge in [-0.15, -0.1) is 0 Å². The zero-order chi connectivity index (χ0) is 46.5. The number of alkyl halides is 7. The third kappa shape index (κ3) is 7.90. The van der Waals surface area contributed by atoms with Gasteiger partial charge in [-0.05, 0) is 93.0 Å². The molecule has 0 radical (unpaired) electrons. The monoisotopic (exact) mass is 941 g/mol. The summed E-state index contributed by atoms with van der Waals surface area (Å²) in [6, 6.07) is 4.44. The lowest BCUT2D eigenvalue weighted by Gasteiger charge is -2.33. The molecule has 1 amide bonds. The Balaban J connectivity index is 1.34. The van der Waals surface area contributed by atoms with Crippen molar-refractivity contribution in [3.63, 3.8) is 0 Å². The molecule has 3 aliphatic rings. The molecule has 0 saturated heterocycles. The van der Waals surface area contributed by atoms with Crippen molar-refractivity contribution >= 4 is 45.3 Å². The van der Waals surface area contributed by atoms with Crippen molar-refractivity contribution in [1.82, 2.24) is 29.6 Å². The predicted octanol–water partition coefficient (Wildman–Crippen LogP) is 9.12. The van der Waals surface area contributed by atoms with Crippen LogP contribution in [0.3, 0.4) is 0 Å². The molecular formula is C42H37ClF9N7O4S. The molecule has 8 rings (SSSR count). The smallest absolute Gasteiger partial charge is 0.293 e. The maximum absolute atomic E-state index is 16.5. The van der Waals surface area contributed by atoms with Crippen LogP contribution in [0, 0.1) is 36.8 Å². The number of nitrogens with one attached hydrogen (secondary N) is 2. The number of hydrogen-bond donors (Lipinski definition) is 3. The topological polar surface area (TPSA) is 156 Å². The third-order valence-corrected chi connectivity index (χ3v) is 13.5. The average Bonchev–Trinajstić information content (AvgIpc) is 3.86. The maximum atomic E-state index is 16.5. The standard InChI is InChI=1S/C42H37ClF9N7O4S/c1-17-10-28(40(48)6-8-41(49,50)9-7-40)55-37-30(17)39(61)59(27-5-4-25(43)31(18(27)2)33(53)19(3)64(62)63)38(56-37)26(13-20-11-21(44)14-22(45)12-20)54-29(60)16-58-35-32(34(57-58)36(46)47)23-15-24(23)42(35,51)52/h4-5,10-12,14,19,23-24,26,36,53H,6-9,13,15-16H2,1-3H3,(H,54,60)(H,62,63). The van der Waals surface area contributed by atoms with Gasteiger partial charge in [-0.25, -0.2) is 44.9 Å². The summed E-state index contributed by atoms with van der Waals surface area (Å²) in [5.74, 6) is -12.7. The van der Waals surface area contributed by atoms with Gasteiger partial charge in [0.15, 0.2) is 22.4 Å². The zero-order valence-corrected chi connectivity index (χ0v) is 35.5. The van der Waals surface area contributed by atoms with Crippen LogP contribution < -0.4 is 10.9 Å². The van der Waals surface area contributed by atoms with E-state index in [1.165, 1.54) is 39.0 Å². The van der Waals surface area contributed by atoms with Gasteiger partial charge in [0.2, 0.25) is 11.8 Å². The van der Waals surface area contributed by atoms with Crippen molar-refractivity contribution in [3.8, 4) is 5.69 Å². The van der Waals surface area contributed by atoms with E-state index in [0.29, 0.717) is 10.7 Å². The second kappa shape index (κ2) is 16.1. The first-order valence-electron chi connectivity index (χ1n) is 19.9. The van der Waals surface area contributed by atoms with Gasteiger partial charge < -0.3 is 15.3 Å². The number of hydrogen-bond acceptors (Lipinski definition) is 7. The van der Waals surface area contributed by atoms with Gasteiger partial charge in [-0.1, -0.05) is 11.6 Å². The van der Waals surface area contributed by atoms with Gasteiger partial charge in [0.25, 0.3) is 17.9 Å². The lowest BCUT2D eigenvalue weighted by atomic mass is 9.81. The number of carbonyl (C=O) groups excluding carboxylic acids is 1. The van der Waals surface area contributed by atoms with E-state index in [1.807, 2.05) is 0 Å². The van der Waals surface area contributed by atoms with E-state index in [0.717, 1.165) is 16.7 Å². The van der Waals surface area contributed by atoms with Crippen LogP contribution in [0.1, 0.15) is 108 Å². The van der Waals surface area contributed by atoms with Crippen LogP contribution in [0.5, 0.6) is 0 Å². The average molecular weight is 942 g/mol. The Bertz CT molecular complexity index is 2840. The van der Waals surface area contributed by atoms with Gasteiger partial charge in [-0.3, -0.25) is 18.8 Å². The van der Waals surface area contributed by atoms with E-state index in [2.05, 4.69) is 20.4 Å². The van der Waals surface area contributed by atoms with Crippen LogP contribution >= 0.6 is 11.6 Å². The van der Waals surface area contributed by atoms with Crippen molar-refractivity contribution in [2.45, 2.75) is 107 Å². The second-order valence-electron chi connectivity index (χ2n) is 16.6. The summed E-state index contributed by atoms with van der Waals surface area (Å²) in [4.78, 5) is 38.1. The first kappa shape index (κ1) is 45.4. The van der Waals surface area contributed by atoms with Gasteiger partial charge in [0.1, 0.15) is 35.4 Å². The molecule has 5 aromatic rings. The molecule has 0 spiro atoms. The normalized spacial score (nSPS) is 20.7. The number of benzene rings is 2. The molecule has 22 heteroatoms. The number of aromatic nitrogens is 5. The molecule has 3 aliphatic carbocycles. The van der Waals surface area contributed by atoms with E-state index in [9.17, 15) is 39.9 Å². The summed E-state index contributed by atoms with van der Waals surface area (Å²) in [5.41, 5.74) is -6.83. The van der Waals surface area contributed by atoms with Crippen LogP contribution in [0.25, 0.3) is 16.7 Å². The number of aryl methyl sites for hydroxylation is 1. The summed E-state index contributed by atoms with van der Waals surface area (Å²) in [7, 11) is 0. The van der Waals surface area contributed by atoms with Gasteiger partial charge in [-0.2, -0.15) is 13.9 Å². The van der Waals surface area contributed by atoms with Crippen LogP contribution in [0.15, 0.2) is 41.2 Å².